The molecule has 104 valence electrons. The predicted octanol–water partition coefficient (Wildman–Crippen LogP) is 3.36. The number of thioether (sulfide) groups is 1. The third-order valence-corrected chi connectivity index (χ3v) is 3.82. The normalized spacial score (nSPS) is 16.5. The average Bonchev–Trinajstić information content (AvgIpc) is 2.43. The number of nitrogens with zero attached hydrogens (tertiary/aromatic N) is 1. The van der Waals surface area contributed by atoms with E-state index in [9.17, 15) is 9.59 Å². The Balaban J connectivity index is 2.10. The summed E-state index contributed by atoms with van der Waals surface area (Å²) in [5.41, 5.74) is 3.03. The number of benzene rings is 1. The Bertz CT molecular complexity index is 606. The zero-order chi connectivity index (χ0) is 14.5. The van der Waals surface area contributed by atoms with Gasteiger partial charge in [0.15, 0.2) is 5.78 Å². The number of aryl methyl sites for hydroxylation is 2. The molecule has 0 aromatic heterocycles. The number of carbonyl (C=O) groups is 2. The van der Waals surface area contributed by atoms with Gasteiger partial charge in [-0.15, -0.1) is 0 Å². The number of nitrogens with one attached hydrogen (secondary N) is 1. The molecule has 0 radical (unpaired) electrons. The molecule has 0 spiro atoms. The zero-order valence-electron chi connectivity index (χ0n) is 11.5. The van der Waals surface area contributed by atoms with Crippen LogP contribution in [0.15, 0.2) is 35.3 Å². The van der Waals surface area contributed by atoms with Crippen molar-refractivity contribution in [3.05, 3.63) is 41.5 Å². The van der Waals surface area contributed by atoms with Gasteiger partial charge in [-0.2, -0.15) is 4.99 Å². The maximum atomic E-state index is 11.9. The van der Waals surface area contributed by atoms with Crippen LogP contribution in [-0.2, 0) is 11.2 Å². The number of amides is 2. The summed E-state index contributed by atoms with van der Waals surface area (Å²) >= 11 is 1.28. The van der Waals surface area contributed by atoms with E-state index in [4.69, 9.17) is 0 Å². The van der Waals surface area contributed by atoms with Crippen molar-refractivity contribution in [3.63, 3.8) is 0 Å². The minimum Gasteiger partial charge on any atom is -0.306 e. The largest absolute Gasteiger partial charge is 0.346 e. The highest BCUT2D eigenvalue weighted by atomic mass is 32.2. The fourth-order valence-electron chi connectivity index (χ4n) is 1.86. The number of allylic oxidation sites excluding steroid dienone is 1. The number of carbonyl (C=O) groups excluding carboxylic acids is 2. The Hall–Kier alpha value is -1.88. The van der Waals surface area contributed by atoms with Crippen LogP contribution in [0.4, 0.5) is 10.5 Å². The maximum absolute atomic E-state index is 11.9. The number of hydrogen-bond acceptors (Lipinski definition) is 3. The van der Waals surface area contributed by atoms with Crippen molar-refractivity contribution in [1.82, 2.24) is 0 Å². The van der Waals surface area contributed by atoms with Gasteiger partial charge in [0.05, 0.1) is 5.75 Å². The average molecular weight is 288 g/mol. The molecule has 0 saturated heterocycles. The molecule has 1 aliphatic rings. The highest BCUT2D eigenvalue weighted by Gasteiger charge is 2.11. The van der Waals surface area contributed by atoms with Crippen LogP contribution < -0.4 is 5.32 Å². The second kappa shape index (κ2) is 6.52. The second-order valence-electron chi connectivity index (χ2n) is 4.48. The van der Waals surface area contributed by atoms with Crippen LogP contribution in [-0.4, -0.2) is 22.6 Å². The van der Waals surface area contributed by atoms with Crippen molar-refractivity contribution in [2.24, 2.45) is 4.99 Å². The van der Waals surface area contributed by atoms with E-state index < -0.39 is 6.03 Å². The molecule has 1 aliphatic heterocycles. The van der Waals surface area contributed by atoms with Crippen LogP contribution in [0.3, 0.4) is 0 Å². The number of aliphatic imine (C=N–C) groups is 1. The Morgan fingerprint density at radius 3 is 2.85 bits per heavy atom. The lowest BCUT2D eigenvalue weighted by Crippen LogP contribution is -2.13. The molecular formula is C15H16N2O2S. The number of hydrogen-bond donors (Lipinski definition) is 1. The molecule has 0 unspecified atom stereocenters. The number of urea groups is 1. The molecule has 2 amide bonds. The first-order valence-corrected chi connectivity index (χ1v) is 7.40. The third-order valence-electron chi connectivity index (χ3n) is 2.87. The van der Waals surface area contributed by atoms with Gasteiger partial charge in [0.1, 0.15) is 5.04 Å². The van der Waals surface area contributed by atoms with Crippen molar-refractivity contribution < 1.29 is 9.59 Å². The highest BCUT2D eigenvalue weighted by molar-refractivity contribution is 8.15. The van der Waals surface area contributed by atoms with Crippen LogP contribution >= 0.6 is 11.8 Å². The van der Waals surface area contributed by atoms with Gasteiger partial charge in [0.25, 0.3) is 0 Å². The molecule has 1 aromatic rings. The highest BCUT2D eigenvalue weighted by Crippen LogP contribution is 2.19. The standard InChI is InChI=1S/C15H16N2O2S/c1-3-11-8-10(2)4-6-13(11)16-15(19)17-14-7-5-12(18)9-20-14/h4-8H,3,9H2,1-2H3,(H,16,19)/b17-14-. The first-order chi connectivity index (χ1) is 9.58. The molecule has 2 rings (SSSR count). The summed E-state index contributed by atoms with van der Waals surface area (Å²) in [4.78, 5) is 26.9. The van der Waals surface area contributed by atoms with Crippen LogP contribution in [0.1, 0.15) is 18.1 Å². The van der Waals surface area contributed by atoms with Gasteiger partial charge in [-0.1, -0.05) is 36.4 Å². The summed E-state index contributed by atoms with van der Waals surface area (Å²) in [7, 11) is 0. The Labute approximate surface area is 122 Å². The van der Waals surface area contributed by atoms with E-state index in [-0.39, 0.29) is 5.78 Å². The lowest BCUT2D eigenvalue weighted by Gasteiger charge is -2.10. The molecule has 4 nitrogen and oxygen atoms in total. The third kappa shape index (κ3) is 3.81. The van der Waals surface area contributed by atoms with Crippen LogP contribution in [0, 0.1) is 6.92 Å². The Morgan fingerprint density at radius 1 is 1.40 bits per heavy atom. The van der Waals surface area contributed by atoms with Gasteiger partial charge in [0, 0.05) is 5.69 Å². The first kappa shape index (κ1) is 14.5. The van der Waals surface area contributed by atoms with Gasteiger partial charge < -0.3 is 5.32 Å². The Morgan fingerprint density at radius 2 is 2.20 bits per heavy atom. The Kier molecular flexibility index (Phi) is 4.74. The van der Waals surface area contributed by atoms with E-state index >= 15 is 0 Å². The molecule has 1 N–H and O–H groups in total. The van der Waals surface area contributed by atoms with E-state index in [1.807, 2.05) is 26.0 Å². The topological polar surface area (TPSA) is 58.5 Å². The lowest BCUT2D eigenvalue weighted by atomic mass is 10.1. The van der Waals surface area contributed by atoms with Crippen molar-refractivity contribution >= 4 is 34.3 Å². The molecule has 1 aromatic carbocycles. The summed E-state index contributed by atoms with van der Waals surface area (Å²) in [5, 5.41) is 3.35. The molecule has 0 fully saturated rings. The lowest BCUT2D eigenvalue weighted by molar-refractivity contribution is -0.112. The second-order valence-corrected chi connectivity index (χ2v) is 5.48. The zero-order valence-corrected chi connectivity index (χ0v) is 12.3. The fraction of sp³-hybridized carbons (Fsp3) is 0.267. The predicted molar refractivity (Wildman–Crippen MR) is 83.6 cm³/mol. The summed E-state index contributed by atoms with van der Waals surface area (Å²) in [5.74, 6) is 0.383. The van der Waals surface area contributed by atoms with Crippen molar-refractivity contribution in [2.75, 3.05) is 11.1 Å². The smallest absolute Gasteiger partial charge is 0.306 e. The quantitative estimate of drug-likeness (QED) is 0.907. The molecule has 0 atom stereocenters. The number of rotatable bonds is 2. The van der Waals surface area contributed by atoms with E-state index in [0.717, 1.165) is 23.2 Å². The van der Waals surface area contributed by atoms with Gasteiger partial charge >= 0.3 is 6.03 Å². The summed E-state index contributed by atoms with van der Waals surface area (Å²) in [6.45, 7) is 4.06. The van der Waals surface area contributed by atoms with Crippen LogP contribution in [0.2, 0.25) is 0 Å². The number of ketones is 1. The van der Waals surface area contributed by atoms with Crippen LogP contribution in [0.25, 0.3) is 0 Å². The van der Waals surface area contributed by atoms with E-state index in [0.29, 0.717) is 10.8 Å². The first-order valence-electron chi connectivity index (χ1n) is 6.41. The molecule has 0 bridgehead atoms. The van der Waals surface area contributed by atoms with E-state index in [2.05, 4.69) is 16.4 Å². The monoisotopic (exact) mass is 288 g/mol. The molecule has 0 aliphatic carbocycles. The van der Waals surface area contributed by atoms with Gasteiger partial charge in [-0.3, -0.25) is 4.79 Å². The molecule has 20 heavy (non-hydrogen) atoms. The summed E-state index contributed by atoms with van der Waals surface area (Å²) in [6, 6.07) is 5.48. The van der Waals surface area contributed by atoms with Crippen LogP contribution in [0.5, 0.6) is 0 Å². The van der Waals surface area contributed by atoms with Crippen molar-refractivity contribution in [1.29, 1.82) is 0 Å². The summed E-state index contributed by atoms with van der Waals surface area (Å²) in [6.07, 6.45) is 3.87. The molecule has 0 saturated carbocycles. The van der Waals surface area contributed by atoms with Crippen molar-refractivity contribution in [3.8, 4) is 0 Å². The van der Waals surface area contributed by atoms with Gasteiger partial charge in [0.2, 0.25) is 0 Å². The molecule has 5 heteroatoms. The van der Waals surface area contributed by atoms with Gasteiger partial charge in [-0.25, -0.2) is 4.79 Å². The maximum Gasteiger partial charge on any atom is 0.346 e. The fourth-order valence-corrected chi connectivity index (χ4v) is 2.55. The molecular weight excluding hydrogens is 272 g/mol. The summed E-state index contributed by atoms with van der Waals surface area (Å²) < 4.78 is 0. The SMILES string of the molecule is CCc1cc(C)ccc1NC(=O)/N=C1/C=CC(=O)CS1. The molecule has 1 heterocycles. The van der Waals surface area contributed by atoms with E-state index in [1.165, 1.54) is 17.8 Å². The number of anilines is 1. The minimum atomic E-state index is -0.412. The minimum absolute atomic E-state index is 0.0427. The van der Waals surface area contributed by atoms with Crippen molar-refractivity contribution in [2.45, 2.75) is 20.3 Å². The van der Waals surface area contributed by atoms with Gasteiger partial charge in [-0.05, 0) is 37.1 Å². The van der Waals surface area contributed by atoms with E-state index in [1.54, 1.807) is 6.08 Å².